The molecule has 0 saturated heterocycles. The lowest BCUT2D eigenvalue weighted by Crippen LogP contribution is -2.18. The Morgan fingerprint density at radius 1 is 1.20 bits per heavy atom. The smallest absolute Gasteiger partial charge is 0.162 e. The van der Waals surface area contributed by atoms with Crippen LogP contribution in [-0.2, 0) is 17.9 Å². The molecule has 2 aromatic rings. The van der Waals surface area contributed by atoms with Crippen LogP contribution in [-0.4, -0.2) is 27.4 Å². The molecule has 0 radical (unpaired) electrons. The zero-order valence-electron chi connectivity index (χ0n) is 14.1. The molecule has 136 valence electrons. The monoisotopic (exact) mass is 431 g/mol. The van der Waals surface area contributed by atoms with E-state index in [9.17, 15) is 4.39 Å². The van der Waals surface area contributed by atoms with E-state index < -0.39 is 5.82 Å². The minimum Gasteiger partial charge on any atom is -0.493 e. The molecular formula is C18H20BrClFNO3. The predicted molar refractivity (Wildman–Crippen MR) is 100 cm³/mol. The number of benzene rings is 2. The van der Waals surface area contributed by atoms with Crippen LogP contribution in [0, 0.1) is 5.82 Å². The van der Waals surface area contributed by atoms with Crippen LogP contribution >= 0.6 is 27.5 Å². The van der Waals surface area contributed by atoms with Crippen molar-refractivity contribution in [2.45, 2.75) is 13.2 Å². The number of methoxy groups -OCH3 is 2. The molecule has 0 saturated carbocycles. The first-order chi connectivity index (χ1) is 12.1. The molecule has 7 heteroatoms. The molecule has 0 unspecified atom stereocenters. The van der Waals surface area contributed by atoms with Gasteiger partial charge in [0.25, 0.3) is 0 Å². The van der Waals surface area contributed by atoms with E-state index in [1.165, 1.54) is 6.07 Å². The zero-order valence-corrected chi connectivity index (χ0v) is 16.4. The Morgan fingerprint density at radius 2 is 2.00 bits per heavy atom. The Bertz CT molecular complexity index is 695. The quantitative estimate of drug-likeness (QED) is 0.590. The van der Waals surface area contributed by atoms with E-state index in [1.54, 1.807) is 32.4 Å². The van der Waals surface area contributed by atoms with Crippen molar-refractivity contribution in [2.75, 3.05) is 27.4 Å². The fourth-order valence-corrected chi connectivity index (χ4v) is 2.88. The molecule has 0 bridgehead atoms. The van der Waals surface area contributed by atoms with Gasteiger partial charge in [-0.05, 0) is 29.8 Å². The first-order valence-electron chi connectivity index (χ1n) is 7.68. The van der Waals surface area contributed by atoms with E-state index in [0.29, 0.717) is 35.2 Å². The molecule has 0 spiro atoms. The van der Waals surface area contributed by atoms with Crippen molar-refractivity contribution < 1.29 is 18.6 Å². The molecule has 25 heavy (non-hydrogen) atoms. The Morgan fingerprint density at radius 3 is 2.68 bits per heavy atom. The highest BCUT2D eigenvalue weighted by atomic mass is 79.9. The standard InChI is InChI=1S/C18H20BrClFNO3/c1-23-7-6-22-10-12-8-17(24-2)18(9-14(12)19)25-11-13-15(20)4-3-5-16(13)21/h3-5,8-9,22H,6-7,10-11H2,1-2H3. The first-order valence-corrected chi connectivity index (χ1v) is 8.85. The second kappa shape index (κ2) is 9.97. The highest BCUT2D eigenvalue weighted by Gasteiger charge is 2.13. The van der Waals surface area contributed by atoms with Gasteiger partial charge in [-0.1, -0.05) is 33.6 Å². The fraction of sp³-hybridized carbons (Fsp3) is 0.333. The predicted octanol–water partition coefficient (Wildman–Crippen LogP) is 4.57. The topological polar surface area (TPSA) is 39.7 Å². The molecule has 4 nitrogen and oxygen atoms in total. The average molecular weight is 433 g/mol. The average Bonchev–Trinajstić information content (AvgIpc) is 2.59. The lowest BCUT2D eigenvalue weighted by molar-refractivity contribution is 0.199. The van der Waals surface area contributed by atoms with E-state index in [1.807, 2.05) is 6.07 Å². The third-order valence-corrected chi connectivity index (χ3v) is 4.66. The number of rotatable bonds is 9. The van der Waals surface area contributed by atoms with Crippen LogP contribution < -0.4 is 14.8 Å². The summed E-state index contributed by atoms with van der Waals surface area (Å²) in [5.74, 6) is 0.679. The maximum absolute atomic E-state index is 13.9. The van der Waals surface area contributed by atoms with Crippen LogP contribution in [0.25, 0.3) is 0 Å². The first kappa shape index (κ1) is 20.0. The number of halogens is 3. The van der Waals surface area contributed by atoms with E-state index in [-0.39, 0.29) is 6.61 Å². The van der Waals surface area contributed by atoms with Gasteiger partial charge >= 0.3 is 0 Å². The van der Waals surface area contributed by atoms with Gasteiger partial charge in [-0.3, -0.25) is 0 Å². The van der Waals surface area contributed by atoms with Crippen molar-refractivity contribution in [1.29, 1.82) is 0 Å². The number of hydrogen-bond donors (Lipinski definition) is 1. The molecular weight excluding hydrogens is 413 g/mol. The lowest BCUT2D eigenvalue weighted by atomic mass is 10.2. The number of hydrogen-bond acceptors (Lipinski definition) is 4. The summed E-state index contributed by atoms with van der Waals surface area (Å²) in [5.41, 5.74) is 1.33. The second-order valence-electron chi connectivity index (χ2n) is 5.25. The summed E-state index contributed by atoms with van der Waals surface area (Å²) in [6, 6.07) is 8.23. The van der Waals surface area contributed by atoms with E-state index in [2.05, 4.69) is 21.2 Å². The van der Waals surface area contributed by atoms with Crippen LogP contribution in [0.1, 0.15) is 11.1 Å². The van der Waals surface area contributed by atoms with Gasteiger partial charge < -0.3 is 19.5 Å². The van der Waals surface area contributed by atoms with Crippen molar-refractivity contribution in [3.63, 3.8) is 0 Å². The summed E-state index contributed by atoms with van der Waals surface area (Å²) < 4.78 is 30.9. The van der Waals surface area contributed by atoms with Crippen molar-refractivity contribution in [2.24, 2.45) is 0 Å². The van der Waals surface area contributed by atoms with Crippen LogP contribution in [0.2, 0.25) is 5.02 Å². The third-order valence-electron chi connectivity index (χ3n) is 3.56. The molecule has 1 N–H and O–H groups in total. The van der Waals surface area contributed by atoms with Gasteiger partial charge in [-0.25, -0.2) is 4.39 Å². The molecule has 0 aliphatic carbocycles. The van der Waals surface area contributed by atoms with Gasteiger partial charge in [-0.2, -0.15) is 0 Å². The highest BCUT2D eigenvalue weighted by Crippen LogP contribution is 2.34. The molecule has 0 atom stereocenters. The minimum absolute atomic E-state index is 0.0136. The number of nitrogens with one attached hydrogen (secondary N) is 1. The molecule has 0 aliphatic rings. The molecule has 2 rings (SSSR count). The van der Waals surface area contributed by atoms with Gasteiger partial charge in [0, 0.05) is 30.2 Å². The molecule has 0 fully saturated rings. The van der Waals surface area contributed by atoms with Gasteiger partial charge in [0.1, 0.15) is 12.4 Å². The van der Waals surface area contributed by atoms with E-state index in [0.717, 1.165) is 16.6 Å². The Hall–Kier alpha value is -1.34. The summed E-state index contributed by atoms with van der Waals surface area (Å²) in [5, 5.41) is 3.60. The van der Waals surface area contributed by atoms with E-state index in [4.69, 9.17) is 25.8 Å². The summed E-state index contributed by atoms with van der Waals surface area (Å²) in [7, 11) is 3.23. The van der Waals surface area contributed by atoms with Gasteiger partial charge in [0.05, 0.1) is 18.7 Å². The third kappa shape index (κ3) is 5.57. The minimum atomic E-state index is -0.399. The molecule has 0 aromatic heterocycles. The summed E-state index contributed by atoms with van der Waals surface area (Å²) >= 11 is 9.56. The van der Waals surface area contributed by atoms with Crippen LogP contribution in [0.15, 0.2) is 34.8 Å². The van der Waals surface area contributed by atoms with Crippen molar-refractivity contribution >= 4 is 27.5 Å². The van der Waals surface area contributed by atoms with Crippen LogP contribution in [0.5, 0.6) is 11.5 Å². The van der Waals surface area contributed by atoms with Crippen molar-refractivity contribution in [1.82, 2.24) is 5.32 Å². The molecule has 2 aromatic carbocycles. The largest absolute Gasteiger partial charge is 0.493 e. The van der Waals surface area contributed by atoms with Crippen LogP contribution in [0.3, 0.4) is 0 Å². The number of ether oxygens (including phenoxy) is 3. The van der Waals surface area contributed by atoms with E-state index >= 15 is 0 Å². The maximum atomic E-state index is 13.9. The second-order valence-corrected chi connectivity index (χ2v) is 6.51. The SMILES string of the molecule is COCCNCc1cc(OC)c(OCc2c(F)cccc2Cl)cc1Br. The zero-order chi connectivity index (χ0) is 18.2. The van der Waals surface area contributed by atoms with Gasteiger partial charge in [0.15, 0.2) is 11.5 Å². The fourth-order valence-electron chi connectivity index (χ4n) is 2.20. The summed E-state index contributed by atoms with van der Waals surface area (Å²) in [6.07, 6.45) is 0. The highest BCUT2D eigenvalue weighted by molar-refractivity contribution is 9.10. The molecule has 0 aliphatic heterocycles. The van der Waals surface area contributed by atoms with Gasteiger partial charge in [-0.15, -0.1) is 0 Å². The molecule has 0 heterocycles. The Kier molecular flexibility index (Phi) is 7.96. The van der Waals surface area contributed by atoms with Crippen molar-refractivity contribution in [3.05, 3.63) is 56.8 Å². The maximum Gasteiger partial charge on any atom is 0.162 e. The normalized spacial score (nSPS) is 10.8. The lowest BCUT2D eigenvalue weighted by Gasteiger charge is -2.15. The van der Waals surface area contributed by atoms with Crippen LogP contribution in [0.4, 0.5) is 4.39 Å². The molecule has 0 amide bonds. The van der Waals surface area contributed by atoms with Crippen molar-refractivity contribution in [3.8, 4) is 11.5 Å². The summed E-state index contributed by atoms with van der Waals surface area (Å²) in [6.45, 7) is 2.05. The Labute approximate surface area is 160 Å². The Balaban J connectivity index is 2.11. The van der Waals surface area contributed by atoms with Gasteiger partial charge in [0.2, 0.25) is 0 Å². The summed E-state index contributed by atoms with van der Waals surface area (Å²) in [4.78, 5) is 0.